The zero-order valence-corrected chi connectivity index (χ0v) is 12.2. The summed E-state index contributed by atoms with van der Waals surface area (Å²) in [5.41, 5.74) is 0. The normalized spacial score (nSPS) is 23.7. The summed E-state index contributed by atoms with van der Waals surface area (Å²) < 4.78 is 0. The average Bonchev–Trinajstić information content (AvgIpc) is 3.18. The van der Waals surface area contributed by atoms with E-state index in [4.69, 9.17) is 0 Å². The number of imide groups is 1. The van der Waals surface area contributed by atoms with Gasteiger partial charge in [0.1, 0.15) is 0 Å². The van der Waals surface area contributed by atoms with Crippen molar-refractivity contribution in [2.45, 2.75) is 70.9 Å². The van der Waals surface area contributed by atoms with Crippen LogP contribution >= 0.6 is 0 Å². The second-order valence-electron chi connectivity index (χ2n) is 5.87. The molecule has 19 heavy (non-hydrogen) atoms. The maximum absolute atomic E-state index is 12.3. The molecule has 0 spiro atoms. The first-order valence-electron chi connectivity index (χ1n) is 7.76. The Kier molecular flexibility index (Phi) is 4.97. The van der Waals surface area contributed by atoms with Gasteiger partial charge in [-0.05, 0) is 38.1 Å². The number of amides is 2. The van der Waals surface area contributed by atoms with E-state index in [0.717, 1.165) is 31.7 Å². The van der Waals surface area contributed by atoms with Gasteiger partial charge >= 0.3 is 0 Å². The third-order valence-corrected chi connectivity index (χ3v) is 4.37. The van der Waals surface area contributed by atoms with E-state index in [-0.39, 0.29) is 23.9 Å². The smallest absolute Gasteiger partial charge is 0.247 e. The van der Waals surface area contributed by atoms with Crippen LogP contribution in [0.5, 0.6) is 0 Å². The van der Waals surface area contributed by atoms with E-state index in [1.165, 1.54) is 24.2 Å². The van der Waals surface area contributed by atoms with Gasteiger partial charge in [0.25, 0.3) is 0 Å². The Morgan fingerprint density at radius 1 is 1.26 bits per heavy atom. The molecule has 2 amide bonds. The van der Waals surface area contributed by atoms with Crippen LogP contribution in [0.1, 0.15) is 58.8 Å². The molecule has 1 heterocycles. The monoisotopic (exact) mass is 266 g/mol. The zero-order valence-electron chi connectivity index (χ0n) is 12.2. The molecule has 0 radical (unpaired) electrons. The molecule has 1 atom stereocenters. The van der Waals surface area contributed by atoms with Crippen LogP contribution in [-0.2, 0) is 9.59 Å². The first kappa shape index (κ1) is 14.5. The number of rotatable bonds is 8. The summed E-state index contributed by atoms with van der Waals surface area (Å²) in [4.78, 5) is 25.7. The summed E-state index contributed by atoms with van der Waals surface area (Å²) in [6, 6.07) is -0.189. The zero-order chi connectivity index (χ0) is 13.8. The van der Waals surface area contributed by atoms with E-state index in [1.807, 2.05) is 13.8 Å². The van der Waals surface area contributed by atoms with Crippen LogP contribution in [0.4, 0.5) is 0 Å². The highest BCUT2D eigenvalue weighted by Crippen LogP contribution is 2.33. The second kappa shape index (κ2) is 6.51. The minimum absolute atomic E-state index is 0.00149. The van der Waals surface area contributed by atoms with E-state index in [0.29, 0.717) is 6.42 Å². The van der Waals surface area contributed by atoms with Crippen molar-refractivity contribution in [3.63, 3.8) is 0 Å². The summed E-state index contributed by atoms with van der Waals surface area (Å²) in [6.45, 7) is 4.92. The molecule has 0 aromatic heterocycles. The Morgan fingerprint density at radius 2 is 1.95 bits per heavy atom. The van der Waals surface area contributed by atoms with Crippen molar-refractivity contribution in [2.75, 3.05) is 6.54 Å². The fourth-order valence-electron chi connectivity index (χ4n) is 2.92. The molecule has 1 saturated carbocycles. The summed E-state index contributed by atoms with van der Waals surface area (Å²) in [5, 5.41) is 3.27. The van der Waals surface area contributed by atoms with Crippen LogP contribution in [0, 0.1) is 5.92 Å². The standard InChI is InChI=1S/C15H26N2O2/c1-3-12(4-2)17-14(18)10-13(15(17)19)16-9-5-6-11-7-8-11/h11-13,16H,3-10H2,1-2H3. The SMILES string of the molecule is CCC(CC)N1C(=O)CC(NCCCC2CC2)C1=O. The maximum Gasteiger partial charge on any atom is 0.247 e. The predicted octanol–water partition coefficient (Wildman–Crippen LogP) is 2.08. The van der Waals surface area contributed by atoms with Crippen LogP contribution in [0.3, 0.4) is 0 Å². The van der Waals surface area contributed by atoms with Gasteiger partial charge in [-0.25, -0.2) is 0 Å². The lowest BCUT2D eigenvalue weighted by atomic mass is 10.1. The Balaban J connectivity index is 1.78. The van der Waals surface area contributed by atoms with Crippen LogP contribution < -0.4 is 5.32 Å². The summed E-state index contributed by atoms with van der Waals surface area (Å²) in [6.07, 6.45) is 7.18. The summed E-state index contributed by atoms with van der Waals surface area (Å²) >= 11 is 0. The Hall–Kier alpha value is -0.900. The van der Waals surface area contributed by atoms with Crippen molar-refractivity contribution in [2.24, 2.45) is 5.92 Å². The van der Waals surface area contributed by atoms with Gasteiger partial charge in [0.2, 0.25) is 11.8 Å². The molecule has 0 aromatic rings. The van der Waals surface area contributed by atoms with Gasteiger partial charge in [-0.15, -0.1) is 0 Å². The summed E-state index contributed by atoms with van der Waals surface area (Å²) in [7, 11) is 0. The number of nitrogens with one attached hydrogen (secondary N) is 1. The van der Waals surface area contributed by atoms with Gasteiger partial charge in [0.15, 0.2) is 0 Å². The topological polar surface area (TPSA) is 49.4 Å². The molecule has 1 saturated heterocycles. The van der Waals surface area contributed by atoms with Crippen LogP contribution in [0.2, 0.25) is 0 Å². The molecule has 0 aromatic carbocycles. The number of carbonyl (C=O) groups excluding carboxylic acids is 2. The van der Waals surface area contributed by atoms with Gasteiger partial charge in [0, 0.05) is 6.04 Å². The molecule has 4 nitrogen and oxygen atoms in total. The molecular formula is C15H26N2O2. The highest BCUT2D eigenvalue weighted by molar-refractivity contribution is 6.05. The van der Waals surface area contributed by atoms with Crippen molar-refractivity contribution >= 4 is 11.8 Å². The van der Waals surface area contributed by atoms with Crippen LogP contribution in [0.25, 0.3) is 0 Å². The Labute approximate surface area is 115 Å². The lowest BCUT2D eigenvalue weighted by molar-refractivity contribution is -0.141. The van der Waals surface area contributed by atoms with E-state index >= 15 is 0 Å². The molecule has 2 aliphatic rings. The minimum Gasteiger partial charge on any atom is -0.305 e. The van der Waals surface area contributed by atoms with E-state index in [2.05, 4.69) is 5.32 Å². The van der Waals surface area contributed by atoms with Crippen LogP contribution in [-0.4, -0.2) is 35.3 Å². The predicted molar refractivity (Wildman–Crippen MR) is 74.6 cm³/mol. The van der Waals surface area contributed by atoms with Gasteiger partial charge in [-0.3, -0.25) is 14.5 Å². The molecule has 1 N–H and O–H groups in total. The highest BCUT2D eigenvalue weighted by atomic mass is 16.2. The number of nitrogens with zero attached hydrogens (tertiary/aromatic N) is 1. The van der Waals surface area contributed by atoms with E-state index in [9.17, 15) is 9.59 Å². The number of carbonyl (C=O) groups is 2. The highest BCUT2D eigenvalue weighted by Gasteiger charge is 2.40. The quantitative estimate of drug-likeness (QED) is 0.540. The van der Waals surface area contributed by atoms with Crippen molar-refractivity contribution < 1.29 is 9.59 Å². The molecule has 0 bridgehead atoms. The first-order valence-corrected chi connectivity index (χ1v) is 7.76. The second-order valence-corrected chi connectivity index (χ2v) is 5.87. The van der Waals surface area contributed by atoms with E-state index in [1.54, 1.807) is 0 Å². The Morgan fingerprint density at radius 3 is 2.53 bits per heavy atom. The molecule has 4 heteroatoms. The molecule has 108 valence electrons. The van der Waals surface area contributed by atoms with Gasteiger partial charge in [0.05, 0.1) is 12.5 Å². The first-order chi connectivity index (χ1) is 9.17. The number of likely N-dealkylation sites (tertiary alicyclic amines) is 1. The number of hydrogen-bond donors (Lipinski definition) is 1. The fourth-order valence-corrected chi connectivity index (χ4v) is 2.92. The third-order valence-electron chi connectivity index (χ3n) is 4.37. The van der Waals surface area contributed by atoms with Gasteiger partial charge in [-0.2, -0.15) is 0 Å². The molecular weight excluding hydrogens is 240 g/mol. The Bertz CT molecular complexity index is 335. The van der Waals surface area contributed by atoms with Crippen molar-refractivity contribution in [3.8, 4) is 0 Å². The molecule has 2 fully saturated rings. The maximum atomic E-state index is 12.3. The van der Waals surface area contributed by atoms with Crippen molar-refractivity contribution in [1.29, 1.82) is 0 Å². The average molecular weight is 266 g/mol. The summed E-state index contributed by atoms with van der Waals surface area (Å²) in [5.74, 6) is 0.923. The molecule has 2 rings (SSSR count). The lowest BCUT2D eigenvalue weighted by Crippen LogP contribution is -2.43. The third kappa shape index (κ3) is 3.56. The molecule has 1 unspecified atom stereocenters. The van der Waals surface area contributed by atoms with Gasteiger partial charge in [-0.1, -0.05) is 26.7 Å². The fraction of sp³-hybridized carbons (Fsp3) is 0.867. The minimum atomic E-state index is -0.271. The molecule has 1 aliphatic heterocycles. The van der Waals surface area contributed by atoms with E-state index < -0.39 is 0 Å². The number of hydrogen-bond acceptors (Lipinski definition) is 3. The van der Waals surface area contributed by atoms with Crippen molar-refractivity contribution in [3.05, 3.63) is 0 Å². The molecule has 1 aliphatic carbocycles. The lowest BCUT2D eigenvalue weighted by Gasteiger charge is -2.24. The van der Waals surface area contributed by atoms with Gasteiger partial charge < -0.3 is 5.32 Å². The largest absolute Gasteiger partial charge is 0.305 e. The van der Waals surface area contributed by atoms with Crippen LogP contribution in [0.15, 0.2) is 0 Å². The van der Waals surface area contributed by atoms with Crippen molar-refractivity contribution in [1.82, 2.24) is 10.2 Å².